The Bertz CT molecular complexity index is 254. The van der Waals surface area contributed by atoms with Crippen molar-refractivity contribution in [3.05, 3.63) is 0 Å². The molecule has 0 fully saturated rings. The Hall–Kier alpha value is -0.261. The minimum Gasteiger partial charge on any atom is -0.483 e. The third kappa shape index (κ3) is 43.8. The fraction of sp³-hybridized carbons (Fsp3) is 0.905. The van der Waals surface area contributed by atoms with Crippen LogP contribution in [0.25, 0.3) is 0 Å². The number of aliphatic carboxylic acids is 1. The summed E-state index contributed by atoms with van der Waals surface area (Å²) in [5.74, 6) is -0.659. The minimum atomic E-state index is -0.659. The van der Waals surface area contributed by atoms with Crippen LogP contribution in [0.5, 0.6) is 0 Å². The quantitative estimate of drug-likeness (QED) is 0.145. The van der Waals surface area contributed by atoms with E-state index >= 15 is 0 Å². The molecule has 0 aromatic heterocycles. The van der Waals surface area contributed by atoms with Crippen molar-refractivity contribution in [3.8, 4) is 0 Å². The fourth-order valence-corrected chi connectivity index (χ4v) is 6.47. The second-order valence-corrected chi connectivity index (χ2v) is 10.8. The molecular formula is C21H44O4Sn. The van der Waals surface area contributed by atoms with Crippen molar-refractivity contribution in [3.63, 3.8) is 0 Å². The number of hydrogen-bond acceptors (Lipinski definition) is 2. The van der Waals surface area contributed by atoms with E-state index in [0.29, 0.717) is 6.42 Å². The number of hydrogen-bond donors (Lipinski definition) is 2. The van der Waals surface area contributed by atoms with Gasteiger partial charge in [0.1, 0.15) is 0 Å². The summed E-state index contributed by atoms with van der Waals surface area (Å²) in [7, 11) is 0. The predicted octanol–water partition coefficient (Wildman–Crippen LogP) is 6.82. The Morgan fingerprint density at radius 3 is 1.42 bits per heavy atom. The van der Waals surface area contributed by atoms with Crippen LogP contribution in [-0.2, 0) is 9.59 Å². The van der Waals surface area contributed by atoms with Gasteiger partial charge in [-0.15, -0.1) is 0 Å². The molecule has 4 nitrogen and oxygen atoms in total. The molecule has 156 valence electrons. The molecule has 0 atom stereocenters. The number of carbonyl (C=O) groups is 2. The van der Waals surface area contributed by atoms with Crippen molar-refractivity contribution in [1.82, 2.24) is 0 Å². The Labute approximate surface area is 172 Å². The van der Waals surface area contributed by atoms with Crippen LogP contribution in [0.1, 0.15) is 111 Å². The zero-order chi connectivity index (χ0) is 20.3. The van der Waals surface area contributed by atoms with Gasteiger partial charge in [0.05, 0.1) is 0 Å². The Kier molecular flexibility index (Phi) is 38.0. The molecule has 0 rings (SSSR count). The standard InChI is InChI=1S/C12H24O2.2C4H9.CH2O2.Sn/c1-2-3-4-5-6-7-8-9-10-11-12(13)14;2*1-3-4-2;2-1-3;/h2-11H2,1H3,(H,13,14);2*1,3-4H2,2H3;1H,(H,2,3);. The molecule has 2 radical (unpaired) electrons. The van der Waals surface area contributed by atoms with Crippen LogP contribution in [0.2, 0.25) is 8.87 Å². The molecule has 0 aromatic rings. The summed E-state index contributed by atoms with van der Waals surface area (Å²) in [5.41, 5.74) is 0. The van der Waals surface area contributed by atoms with E-state index in [-0.39, 0.29) is 27.6 Å². The molecule has 5 heteroatoms. The first-order valence-electron chi connectivity index (χ1n) is 10.6. The van der Waals surface area contributed by atoms with Gasteiger partial charge in [-0.2, -0.15) is 0 Å². The smallest absolute Gasteiger partial charge is 0.290 e. The molecule has 0 saturated heterocycles. The Balaban J connectivity index is -0.000000377. The summed E-state index contributed by atoms with van der Waals surface area (Å²) in [5, 5.41) is 15.3. The third-order valence-electron chi connectivity index (χ3n) is 3.91. The summed E-state index contributed by atoms with van der Waals surface area (Å²) < 4.78 is 3.25. The molecule has 0 heterocycles. The normalized spacial score (nSPS) is 9.50. The van der Waals surface area contributed by atoms with Gasteiger partial charge in [0, 0.05) is 6.42 Å². The van der Waals surface area contributed by atoms with Crippen LogP contribution in [0, 0.1) is 0 Å². The number of unbranched alkanes of at least 4 members (excludes halogenated alkanes) is 10. The molecular weight excluding hydrogens is 435 g/mol. The zero-order valence-corrected chi connectivity index (χ0v) is 20.5. The molecule has 0 saturated carbocycles. The van der Waals surface area contributed by atoms with Gasteiger partial charge >= 0.3 is 75.5 Å². The van der Waals surface area contributed by atoms with Gasteiger partial charge in [-0.25, -0.2) is 0 Å². The zero-order valence-electron chi connectivity index (χ0n) is 17.6. The summed E-state index contributed by atoms with van der Waals surface area (Å²) >= 11 is 0.149. The van der Waals surface area contributed by atoms with E-state index in [0.717, 1.165) is 12.8 Å². The van der Waals surface area contributed by atoms with Gasteiger partial charge in [-0.1, -0.05) is 58.3 Å². The average Bonchev–Trinajstić information content (AvgIpc) is 2.61. The Morgan fingerprint density at radius 2 is 1.08 bits per heavy atom. The first kappa shape index (κ1) is 30.5. The van der Waals surface area contributed by atoms with Crippen molar-refractivity contribution >= 4 is 33.6 Å². The first-order chi connectivity index (χ1) is 12.6. The summed E-state index contributed by atoms with van der Waals surface area (Å²) in [6.45, 7) is 6.56. The van der Waals surface area contributed by atoms with Gasteiger partial charge in [-0.3, -0.25) is 9.59 Å². The molecule has 0 aliphatic heterocycles. The topological polar surface area (TPSA) is 74.6 Å². The van der Waals surface area contributed by atoms with Gasteiger partial charge in [0.15, 0.2) is 0 Å². The fourth-order valence-electron chi connectivity index (χ4n) is 2.32. The van der Waals surface area contributed by atoms with E-state index in [1.54, 1.807) is 8.87 Å². The summed E-state index contributed by atoms with van der Waals surface area (Å²) in [6.07, 6.45) is 17.3. The van der Waals surface area contributed by atoms with E-state index in [4.69, 9.17) is 15.0 Å². The minimum absolute atomic E-state index is 0.149. The average molecular weight is 479 g/mol. The second kappa shape index (κ2) is 32.4. The molecule has 0 unspecified atom stereocenters. The van der Waals surface area contributed by atoms with Gasteiger partial charge in [0.25, 0.3) is 6.47 Å². The van der Waals surface area contributed by atoms with Crippen LogP contribution in [0.15, 0.2) is 0 Å². The molecule has 26 heavy (non-hydrogen) atoms. The third-order valence-corrected chi connectivity index (χ3v) is 7.94. The van der Waals surface area contributed by atoms with Crippen molar-refractivity contribution in [2.45, 2.75) is 120 Å². The van der Waals surface area contributed by atoms with E-state index in [1.165, 1.54) is 70.6 Å². The van der Waals surface area contributed by atoms with Gasteiger partial charge < -0.3 is 10.2 Å². The molecule has 0 aromatic carbocycles. The van der Waals surface area contributed by atoms with Crippen LogP contribution in [0.4, 0.5) is 0 Å². The van der Waals surface area contributed by atoms with E-state index < -0.39 is 5.97 Å². The summed E-state index contributed by atoms with van der Waals surface area (Å²) in [6, 6.07) is 0. The monoisotopic (exact) mass is 480 g/mol. The largest absolute Gasteiger partial charge is 0.483 e. The number of rotatable bonds is 16. The first-order valence-corrected chi connectivity index (χ1v) is 14.6. The molecule has 0 aliphatic rings. The number of carboxylic acids is 1. The Morgan fingerprint density at radius 1 is 0.731 bits per heavy atom. The molecule has 0 spiro atoms. The maximum atomic E-state index is 10.2. The van der Waals surface area contributed by atoms with E-state index in [2.05, 4.69) is 20.8 Å². The van der Waals surface area contributed by atoms with E-state index in [9.17, 15) is 4.79 Å². The van der Waals surface area contributed by atoms with Crippen molar-refractivity contribution in [1.29, 1.82) is 0 Å². The van der Waals surface area contributed by atoms with Crippen LogP contribution in [0.3, 0.4) is 0 Å². The van der Waals surface area contributed by atoms with Crippen molar-refractivity contribution in [2.24, 2.45) is 0 Å². The molecule has 0 bridgehead atoms. The van der Waals surface area contributed by atoms with Gasteiger partial charge in [-0.05, 0) is 6.42 Å². The SMILES string of the molecule is CCCCCCCCCCCC(=O)O.CCC[CH2][Sn][CH2]CCC.O=CO. The maximum absolute atomic E-state index is 10.2. The van der Waals surface area contributed by atoms with Crippen LogP contribution < -0.4 is 0 Å². The van der Waals surface area contributed by atoms with Crippen molar-refractivity contribution in [2.75, 3.05) is 0 Å². The van der Waals surface area contributed by atoms with Crippen LogP contribution >= 0.6 is 0 Å². The van der Waals surface area contributed by atoms with Crippen molar-refractivity contribution < 1.29 is 19.8 Å². The van der Waals surface area contributed by atoms with Gasteiger partial charge in [0.2, 0.25) is 0 Å². The predicted molar refractivity (Wildman–Crippen MR) is 113 cm³/mol. The molecule has 0 aliphatic carbocycles. The molecule has 2 N–H and O–H groups in total. The molecule has 0 amide bonds. The second-order valence-electron chi connectivity index (χ2n) is 6.53. The summed E-state index contributed by atoms with van der Waals surface area (Å²) in [4.78, 5) is 18.6. The van der Waals surface area contributed by atoms with E-state index in [1.807, 2.05) is 0 Å². The maximum Gasteiger partial charge on any atom is 0.290 e. The van der Waals surface area contributed by atoms with Crippen LogP contribution in [-0.4, -0.2) is 43.8 Å². The number of carboxylic acid groups (broad SMARTS) is 2.